The number of Topliss-reactive ketones (excluding diaryl/α,β-unsaturated/α-hetero) is 1. The average molecular weight is 305 g/mol. The lowest BCUT2D eigenvalue weighted by atomic mass is 10.0. The number of carbonyl (C=O) groups is 1. The van der Waals surface area contributed by atoms with E-state index in [9.17, 15) is 9.59 Å². The molecule has 5 heteroatoms. The molecule has 1 aliphatic rings. The van der Waals surface area contributed by atoms with Crippen LogP contribution in [0.1, 0.15) is 29.8 Å². The van der Waals surface area contributed by atoms with Crippen molar-refractivity contribution in [2.45, 2.75) is 18.5 Å². The molecule has 1 aliphatic heterocycles. The number of rotatable bonds is 2. The van der Waals surface area contributed by atoms with E-state index < -0.39 is 6.04 Å². The number of H-pyrrole nitrogens is 1. The summed E-state index contributed by atoms with van der Waals surface area (Å²) < 4.78 is 0. The van der Waals surface area contributed by atoms with E-state index in [2.05, 4.69) is 15.3 Å². The van der Waals surface area contributed by atoms with E-state index in [1.54, 1.807) is 6.07 Å². The Labute approximate surface area is 132 Å². The Balaban J connectivity index is 1.72. The van der Waals surface area contributed by atoms with Gasteiger partial charge in [-0.2, -0.15) is 0 Å². The highest BCUT2D eigenvalue weighted by Crippen LogP contribution is 2.30. The molecular formula is C18H15N3O2. The Kier molecular flexibility index (Phi) is 3.28. The second-order valence-electron chi connectivity index (χ2n) is 5.70. The normalized spacial score (nSPS) is 21.0. The molecule has 4 rings (SSSR count). The predicted octanol–water partition coefficient (Wildman–Crippen LogP) is 2.27. The largest absolute Gasteiger partial charge is 0.319 e. The lowest BCUT2D eigenvalue weighted by Crippen LogP contribution is -2.28. The van der Waals surface area contributed by atoms with Crippen molar-refractivity contribution in [3.8, 4) is 0 Å². The van der Waals surface area contributed by atoms with Gasteiger partial charge >= 0.3 is 0 Å². The van der Waals surface area contributed by atoms with Gasteiger partial charge in [0, 0.05) is 12.5 Å². The number of ketones is 1. The van der Waals surface area contributed by atoms with Crippen LogP contribution < -0.4 is 10.9 Å². The minimum Gasteiger partial charge on any atom is -0.319 e. The first-order valence-corrected chi connectivity index (χ1v) is 7.55. The number of fused-ring (bicyclic) bond motifs is 1. The molecule has 2 atom stereocenters. The fraction of sp³-hybridized carbons (Fsp3) is 0.167. The lowest BCUT2D eigenvalue weighted by molar-refractivity contribution is -0.119. The summed E-state index contributed by atoms with van der Waals surface area (Å²) in [6, 6.07) is 16.3. The summed E-state index contributed by atoms with van der Waals surface area (Å²) in [7, 11) is 0. The third-order valence-corrected chi connectivity index (χ3v) is 4.20. The van der Waals surface area contributed by atoms with Crippen molar-refractivity contribution in [3.63, 3.8) is 0 Å². The highest BCUT2D eigenvalue weighted by atomic mass is 16.1. The summed E-state index contributed by atoms with van der Waals surface area (Å²) >= 11 is 0. The lowest BCUT2D eigenvalue weighted by Gasteiger charge is -2.13. The molecular weight excluding hydrogens is 290 g/mol. The van der Waals surface area contributed by atoms with Crippen LogP contribution in [-0.2, 0) is 4.79 Å². The highest BCUT2D eigenvalue weighted by Gasteiger charge is 2.36. The number of carbonyl (C=O) groups excluding carboxylic acids is 1. The monoisotopic (exact) mass is 305 g/mol. The summed E-state index contributed by atoms with van der Waals surface area (Å²) in [5, 5.41) is 3.25. The van der Waals surface area contributed by atoms with Crippen molar-refractivity contribution in [3.05, 3.63) is 76.2 Å². The smallest absolute Gasteiger partial charge is 0.272 e. The summed E-state index contributed by atoms with van der Waals surface area (Å²) in [6.07, 6.45) is 0.364. The second-order valence-corrected chi connectivity index (χ2v) is 5.70. The second kappa shape index (κ2) is 5.44. The van der Waals surface area contributed by atoms with E-state index in [4.69, 9.17) is 0 Å². The van der Waals surface area contributed by atoms with Crippen LogP contribution >= 0.6 is 0 Å². The number of aromatic nitrogens is 2. The van der Waals surface area contributed by atoms with E-state index in [0.717, 1.165) is 5.56 Å². The van der Waals surface area contributed by atoms with Crippen LogP contribution in [0.25, 0.3) is 11.0 Å². The van der Waals surface area contributed by atoms with Crippen LogP contribution in [0, 0.1) is 0 Å². The standard InChI is InChI=1S/C18H15N3O2/c22-15-10-14(11-6-2-1-3-7-11)20-16(15)17-18(23)21-13-9-5-4-8-12(13)19-17/h1-9,14,16,20H,10H2,(H,21,23). The molecule has 1 fully saturated rings. The zero-order valence-electron chi connectivity index (χ0n) is 12.3. The summed E-state index contributed by atoms with van der Waals surface area (Å²) in [4.78, 5) is 31.9. The molecule has 1 aromatic heterocycles. The summed E-state index contributed by atoms with van der Waals surface area (Å²) in [6.45, 7) is 0. The first-order valence-electron chi connectivity index (χ1n) is 7.55. The van der Waals surface area contributed by atoms with Gasteiger partial charge in [-0.25, -0.2) is 4.98 Å². The van der Waals surface area contributed by atoms with E-state index >= 15 is 0 Å². The zero-order chi connectivity index (χ0) is 15.8. The molecule has 2 unspecified atom stereocenters. The number of hydrogen-bond donors (Lipinski definition) is 2. The highest BCUT2D eigenvalue weighted by molar-refractivity contribution is 5.88. The molecule has 0 spiro atoms. The maximum atomic E-state index is 12.4. The van der Waals surface area contributed by atoms with E-state index in [1.165, 1.54) is 0 Å². The predicted molar refractivity (Wildman–Crippen MR) is 87.0 cm³/mol. The van der Waals surface area contributed by atoms with Gasteiger partial charge in [-0.05, 0) is 17.7 Å². The van der Waals surface area contributed by atoms with Crippen molar-refractivity contribution >= 4 is 16.8 Å². The minimum atomic E-state index is -0.659. The number of benzene rings is 2. The molecule has 1 saturated heterocycles. The van der Waals surface area contributed by atoms with Gasteiger partial charge in [0.25, 0.3) is 5.56 Å². The molecule has 0 aliphatic carbocycles. The van der Waals surface area contributed by atoms with Gasteiger partial charge in [-0.3, -0.25) is 14.9 Å². The molecule has 23 heavy (non-hydrogen) atoms. The summed E-state index contributed by atoms with van der Waals surface area (Å²) in [5.41, 5.74) is 2.32. The molecule has 2 heterocycles. The maximum absolute atomic E-state index is 12.4. The van der Waals surface area contributed by atoms with E-state index in [1.807, 2.05) is 48.5 Å². The van der Waals surface area contributed by atoms with Crippen molar-refractivity contribution in [1.29, 1.82) is 0 Å². The van der Waals surface area contributed by atoms with Crippen LogP contribution in [-0.4, -0.2) is 15.8 Å². The Bertz CT molecular complexity index is 934. The first-order chi connectivity index (χ1) is 11.2. The Morgan fingerprint density at radius 1 is 0.957 bits per heavy atom. The number of para-hydroxylation sites is 2. The van der Waals surface area contributed by atoms with Crippen molar-refractivity contribution in [2.24, 2.45) is 0 Å². The van der Waals surface area contributed by atoms with Crippen LogP contribution in [0.15, 0.2) is 59.4 Å². The molecule has 114 valence electrons. The Morgan fingerprint density at radius 2 is 1.70 bits per heavy atom. The zero-order valence-corrected chi connectivity index (χ0v) is 12.3. The maximum Gasteiger partial charge on any atom is 0.272 e. The van der Waals surface area contributed by atoms with Crippen LogP contribution in [0.2, 0.25) is 0 Å². The minimum absolute atomic E-state index is 0.00728. The molecule has 0 amide bonds. The van der Waals surface area contributed by atoms with Gasteiger partial charge in [-0.1, -0.05) is 42.5 Å². The Morgan fingerprint density at radius 3 is 2.52 bits per heavy atom. The third kappa shape index (κ3) is 2.45. The molecule has 5 nitrogen and oxygen atoms in total. The number of nitrogens with zero attached hydrogens (tertiary/aromatic N) is 1. The molecule has 2 aromatic carbocycles. The molecule has 0 radical (unpaired) electrons. The number of nitrogens with one attached hydrogen (secondary N) is 2. The van der Waals surface area contributed by atoms with Crippen molar-refractivity contribution in [2.75, 3.05) is 0 Å². The van der Waals surface area contributed by atoms with Crippen molar-refractivity contribution in [1.82, 2.24) is 15.3 Å². The van der Waals surface area contributed by atoms with Crippen LogP contribution in [0.3, 0.4) is 0 Å². The van der Waals surface area contributed by atoms with Crippen LogP contribution in [0.5, 0.6) is 0 Å². The first kappa shape index (κ1) is 13.8. The van der Waals surface area contributed by atoms with E-state index in [0.29, 0.717) is 17.5 Å². The quantitative estimate of drug-likeness (QED) is 0.761. The van der Waals surface area contributed by atoms with Gasteiger partial charge < -0.3 is 4.98 Å². The van der Waals surface area contributed by atoms with E-state index in [-0.39, 0.29) is 23.1 Å². The fourth-order valence-corrected chi connectivity index (χ4v) is 3.04. The molecule has 3 aromatic rings. The molecule has 2 N–H and O–H groups in total. The summed E-state index contributed by atoms with van der Waals surface area (Å²) in [5.74, 6) is -0.00728. The van der Waals surface area contributed by atoms with Crippen molar-refractivity contribution < 1.29 is 4.79 Å². The van der Waals surface area contributed by atoms with Gasteiger partial charge in [-0.15, -0.1) is 0 Å². The fourth-order valence-electron chi connectivity index (χ4n) is 3.04. The van der Waals surface area contributed by atoms with Gasteiger partial charge in [0.2, 0.25) is 0 Å². The topological polar surface area (TPSA) is 74.8 Å². The number of aromatic amines is 1. The Hall–Kier alpha value is -2.79. The number of hydrogen-bond acceptors (Lipinski definition) is 4. The van der Waals surface area contributed by atoms with Gasteiger partial charge in [0.15, 0.2) is 5.78 Å². The molecule has 0 saturated carbocycles. The third-order valence-electron chi connectivity index (χ3n) is 4.20. The average Bonchev–Trinajstić information content (AvgIpc) is 2.97. The SMILES string of the molecule is O=C1CC(c2ccccc2)NC1c1nc2ccccc2[nH]c1=O. The van der Waals surface area contributed by atoms with Gasteiger partial charge in [0.1, 0.15) is 11.7 Å². The molecule has 0 bridgehead atoms. The van der Waals surface area contributed by atoms with Gasteiger partial charge in [0.05, 0.1) is 11.0 Å². The van der Waals surface area contributed by atoms with Crippen LogP contribution in [0.4, 0.5) is 0 Å².